The summed E-state index contributed by atoms with van der Waals surface area (Å²) in [4.78, 5) is 14.2. The molecule has 2 aromatic carbocycles. The zero-order chi connectivity index (χ0) is 15.9. The summed E-state index contributed by atoms with van der Waals surface area (Å²) in [6.07, 6.45) is 1.11. The van der Waals surface area contributed by atoms with Crippen molar-refractivity contribution in [3.05, 3.63) is 64.7 Å². The lowest BCUT2D eigenvalue weighted by Crippen LogP contribution is -2.30. The molecular formula is C18H21ClN2O. The lowest BCUT2D eigenvalue weighted by molar-refractivity contribution is -0.131. The molecule has 3 nitrogen and oxygen atoms in total. The number of para-hydroxylation sites is 1. The molecule has 2 N–H and O–H groups in total. The Bertz CT molecular complexity index is 642. The van der Waals surface area contributed by atoms with E-state index in [1.807, 2.05) is 60.4 Å². The minimum absolute atomic E-state index is 0.116. The molecule has 2 aromatic rings. The molecule has 116 valence electrons. The molecule has 1 amide bonds. The third kappa shape index (κ3) is 4.25. The summed E-state index contributed by atoms with van der Waals surface area (Å²) in [7, 11) is 0. The van der Waals surface area contributed by atoms with Gasteiger partial charge in [-0.05, 0) is 36.6 Å². The highest BCUT2D eigenvalue weighted by Gasteiger charge is 2.14. The van der Waals surface area contributed by atoms with Crippen LogP contribution in [0.15, 0.2) is 48.5 Å². The van der Waals surface area contributed by atoms with E-state index in [1.165, 1.54) is 0 Å². The molecule has 0 saturated carbocycles. The summed E-state index contributed by atoms with van der Waals surface area (Å²) in [5, 5.41) is 0.695. The summed E-state index contributed by atoms with van der Waals surface area (Å²) in [6.45, 7) is 3.18. The maximum Gasteiger partial charge on any atom is 0.223 e. The highest BCUT2D eigenvalue weighted by atomic mass is 35.5. The van der Waals surface area contributed by atoms with E-state index in [0.717, 1.165) is 16.8 Å². The van der Waals surface area contributed by atoms with Gasteiger partial charge >= 0.3 is 0 Å². The molecule has 0 saturated heterocycles. The normalized spacial score (nSPS) is 10.5. The number of benzene rings is 2. The second kappa shape index (κ2) is 7.85. The van der Waals surface area contributed by atoms with Gasteiger partial charge in [0.05, 0.1) is 0 Å². The molecule has 0 bridgehead atoms. The van der Waals surface area contributed by atoms with Gasteiger partial charge in [-0.15, -0.1) is 0 Å². The Balaban J connectivity index is 1.98. The average Bonchev–Trinajstić information content (AvgIpc) is 2.53. The van der Waals surface area contributed by atoms with Crippen molar-refractivity contribution in [2.75, 3.05) is 12.3 Å². The third-order valence-electron chi connectivity index (χ3n) is 3.72. The fourth-order valence-corrected chi connectivity index (χ4v) is 2.57. The summed E-state index contributed by atoms with van der Waals surface area (Å²) >= 11 is 6.17. The van der Waals surface area contributed by atoms with Crippen LogP contribution in [-0.4, -0.2) is 17.4 Å². The second-order valence-corrected chi connectivity index (χ2v) is 5.61. The number of halogens is 1. The van der Waals surface area contributed by atoms with Crippen molar-refractivity contribution in [1.29, 1.82) is 0 Å². The Morgan fingerprint density at radius 3 is 2.36 bits per heavy atom. The fraction of sp³-hybridized carbons (Fsp3) is 0.278. The number of nitrogens with two attached hydrogens (primary N) is 1. The number of hydrogen-bond acceptors (Lipinski definition) is 2. The Labute approximate surface area is 136 Å². The molecule has 0 atom stereocenters. The van der Waals surface area contributed by atoms with Gasteiger partial charge in [0, 0.05) is 30.2 Å². The number of carbonyl (C=O) groups is 1. The number of carbonyl (C=O) groups excluding carboxylic acids is 1. The number of amides is 1. The van der Waals surface area contributed by atoms with E-state index < -0.39 is 0 Å². The number of rotatable bonds is 6. The van der Waals surface area contributed by atoms with Crippen LogP contribution in [0.25, 0.3) is 0 Å². The fourth-order valence-electron chi connectivity index (χ4n) is 2.37. The molecule has 0 aliphatic heterocycles. The molecule has 4 heteroatoms. The van der Waals surface area contributed by atoms with Crippen LogP contribution in [0.1, 0.15) is 24.5 Å². The van der Waals surface area contributed by atoms with E-state index in [0.29, 0.717) is 31.0 Å². The van der Waals surface area contributed by atoms with Crippen LogP contribution in [0.4, 0.5) is 5.69 Å². The lowest BCUT2D eigenvalue weighted by Gasteiger charge is -2.21. The van der Waals surface area contributed by atoms with Gasteiger partial charge in [0.25, 0.3) is 0 Å². The molecule has 0 aromatic heterocycles. The smallest absolute Gasteiger partial charge is 0.223 e. The molecular weight excluding hydrogens is 296 g/mol. The number of anilines is 1. The minimum atomic E-state index is 0.116. The molecule has 0 radical (unpaired) electrons. The first-order chi connectivity index (χ1) is 10.6. The zero-order valence-electron chi connectivity index (χ0n) is 12.8. The molecule has 0 fully saturated rings. The van der Waals surface area contributed by atoms with Crippen molar-refractivity contribution in [1.82, 2.24) is 4.90 Å². The summed E-state index contributed by atoms with van der Waals surface area (Å²) in [5.41, 5.74) is 8.65. The highest BCUT2D eigenvalue weighted by Crippen LogP contribution is 2.18. The molecule has 0 aliphatic carbocycles. The Kier molecular flexibility index (Phi) is 5.84. The van der Waals surface area contributed by atoms with Crippen LogP contribution >= 0.6 is 11.6 Å². The number of nitrogen functional groups attached to an aromatic ring is 1. The predicted molar refractivity (Wildman–Crippen MR) is 91.7 cm³/mol. The second-order valence-electron chi connectivity index (χ2n) is 5.20. The van der Waals surface area contributed by atoms with Gasteiger partial charge in [-0.3, -0.25) is 4.79 Å². The van der Waals surface area contributed by atoms with E-state index in [1.54, 1.807) is 0 Å². The van der Waals surface area contributed by atoms with Crippen molar-refractivity contribution < 1.29 is 4.79 Å². The van der Waals surface area contributed by atoms with Gasteiger partial charge in [-0.2, -0.15) is 0 Å². The number of aryl methyl sites for hydroxylation is 1. The standard InChI is InChI=1S/C18H21ClN2O/c1-2-21(13-15-8-3-5-9-16(15)19)18(22)12-11-14-7-4-6-10-17(14)20/h3-10H,2,11-13,20H2,1H3. The van der Waals surface area contributed by atoms with E-state index in [9.17, 15) is 4.79 Å². The molecule has 22 heavy (non-hydrogen) atoms. The maximum absolute atomic E-state index is 12.4. The van der Waals surface area contributed by atoms with Crippen LogP contribution in [-0.2, 0) is 17.8 Å². The molecule has 0 heterocycles. The lowest BCUT2D eigenvalue weighted by atomic mass is 10.1. The quantitative estimate of drug-likeness (QED) is 0.821. The first-order valence-corrected chi connectivity index (χ1v) is 7.84. The van der Waals surface area contributed by atoms with Gasteiger partial charge in [0.15, 0.2) is 0 Å². The topological polar surface area (TPSA) is 46.3 Å². The average molecular weight is 317 g/mol. The molecule has 0 aliphatic rings. The molecule has 0 spiro atoms. The van der Waals surface area contributed by atoms with Crippen molar-refractivity contribution in [2.24, 2.45) is 0 Å². The Morgan fingerprint density at radius 1 is 1.09 bits per heavy atom. The van der Waals surface area contributed by atoms with Crippen LogP contribution < -0.4 is 5.73 Å². The zero-order valence-corrected chi connectivity index (χ0v) is 13.5. The van der Waals surface area contributed by atoms with Crippen molar-refractivity contribution in [3.8, 4) is 0 Å². The summed E-state index contributed by atoms with van der Waals surface area (Å²) in [5.74, 6) is 0.116. The Hall–Kier alpha value is -2.00. The van der Waals surface area contributed by atoms with E-state index in [4.69, 9.17) is 17.3 Å². The van der Waals surface area contributed by atoms with E-state index >= 15 is 0 Å². The first kappa shape index (κ1) is 16.4. The van der Waals surface area contributed by atoms with Gasteiger partial charge in [0.1, 0.15) is 0 Å². The van der Waals surface area contributed by atoms with Gasteiger partial charge < -0.3 is 10.6 Å². The summed E-state index contributed by atoms with van der Waals surface area (Å²) < 4.78 is 0. The van der Waals surface area contributed by atoms with Crippen LogP contribution in [0.3, 0.4) is 0 Å². The first-order valence-electron chi connectivity index (χ1n) is 7.46. The summed E-state index contributed by atoms with van der Waals surface area (Å²) in [6, 6.07) is 15.3. The van der Waals surface area contributed by atoms with Crippen molar-refractivity contribution in [3.63, 3.8) is 0 Å². The number of hydrogen-bond donors (Lipinski definition) is 1. The third-order valence-corrected chi connectivity index (χ3v) is 4.09. The Morgan fingerprint density at radius 2 is 1.73 bits per heavy atom. The largest absolute Gasteiger partial charge is 0.399 e. The predicted octanol–water partition coefficient (Wildman–Crippen LogP) is 3.90. The van der Waals surface area contributed by atoms with E-state index in [2.05, 4.69) is 0 Å². The maximum atomic E-state index is 12.4. The van der Waals surface area contributed by atoms with E-state index in [-0.39, 0.29) is 5.91 Å². The van der Waals surface area contributed by atoms with Crippen molar-refractivity contribution >= 4 is 23.2 Å². The van der Waals surface area contributed by atoms with Gasteiger partial charge in [-0.1, -0.05) is 48.0 Å². The van der Waals surface area contributed by atoms with Crippen molar-refractivity contribution in [2.45, 2.75) is 26.3 Å². The number of nitrogens with zero attached hydrogens (tertiary/aromatic N) is 1. The minimum Gasteiger partial charge on any atom is -0.399 e. The van der Waals surface area contributed by atoms with Crippen LogP contribution in [0.5, 0.6) is 0 Å². The highest BCUT2D eigenvalue weighted by molar-refractivity contribution is 6.31. The van der Waals surface area contributed by atoms with Gasteiger partial charge in [-0.25, -0.2) is 0 Å². The molecule has 2 rings (SSSR count). The monoisotopic (exact) mass is 316 g/mol. The van der Waals surface area contributed by atoms with Crippen LogP contribution in [0.2, 0.25) is 5.02 Å². The van der Waals surface area contributed by atoms with Crippen LogP contribution in [0, 0.1) is 0 Å². The molecule has 0 unspecified atom stereocenters. The van der Waals surface area contributed by atoms with Gasteiger partial charge in [0.2, 0.25) is 5.91 Å². The SMILES string of the molecule is CCN(Cc1ccccc1Cl)C(=O)CCc1ccccc1N.